The molecule has 2 rings (SSSR count). The molecular weight excluding hydrogens is 489 g/mol. The molecule has 1 N–H and O–H groups in total. The molecule has 0 fully saturated rings. The lowest BCUT2D eigenvalue weighted by Crippen LogP contribution is -2.51. The van der Waals surface area contributed by atoms with Crippen molar-refractivity contribution < 1.29 is 31.9 Å². The summed E-state index contributed by atoms with van der Waals surface area (Å²) in [6, 6.07) is 9.23. The average Bonchev–Trinajstić information content (AvgIpc) is 2.85. The number of nitrogens with one attached hydrogen (secondary N) is 1. The zero-order chi connectivity index (χ0) is 26.9. The van der Waals surface area contributed by atoms with E-state index in [2.05, 4.69) is 5.32 Å². The molecule has 1 unspecified atom stereocenters. The maximum absolute atomic E-state index is 13.6. The summed E-state index contributed by atoms with van der Waals surface area (Å²) in [6.45, 7) is 3.41. The minimum atomic E-state index is -3.95. The molecule has 2 aromatic rings. The highest BCUT2D eigenvalue weighted by Gasteiger charge is 2.31. The van der Waals surface area contributed by atoms with Crippen LogP contribution >= 0.6 is 0 Å². The molecule has 2 amide bonds. The molecule has 0 radical (unpaired) electrons. The number of carbonyl (C=O) groups excluding carboxylic acids is 2. The number of methoxy groups -OCH3 is 2. The number of anilines is 1. The molecule has 0 heterocycles. The molecule has 198 valence electrons. The molecule has 0 saturated heterocycles. The van der Waals surface area contributed by atoms with Crippen molar-refractivity contribution in [3.63, 3.8) is 0 Å². The topological polar surface area (TPSA) is 105 Å². The molecule has 0 saturated carbocycles. The van der Waals surface area contributed by atoms with Gasteiger partial charge in [-0.15, -0.1) is 0 Å². The van der Waals surface area contributed by atoms with Crippen molar-refractivity contribution >= 4 is 27.5 Å². The van der Waals surface area contributed by atoms with Crippen molar-refractivity contribution in [2.24, 2.45) is 0 Å². The smallest absolute Gasteiger partial charge is 0.244 e. The first-order valence-corrected chi connectivity index (χ1v) is 13.4. The molecule has 36 heavy (non-hydrogen) atoms. The van der Waals surface area contributed by atoms with Crippen LogP contribution in [0.15, 0.2) is 42.5 Å². The Kier molecular flexibility index (Phi) is 10.5. The second kappa shape index (κ2) is 13.1. The number of hydrogen-bond donors (Lipinski definition) is 1. The Hall–Kier alpha value is -3.34. The standard InChI is InChI=1S/C25H34FN3O6S/c1-6-7-14-27-25(31)18(2)28(16-19-8-10-20(26)11-9-19)24(30)17-29(36(5,32)33)22-15-21(34-3)12-13-23(22)35-4/h8-13,15,18H,6-7,14,16-17H2,1-5H3,(H,27,31). The zero-order valence-electron chi connectivity index (χ0n) is 21.3. The van der Waals surface area contributed by atoms with Crippen LogP contribution < -0.4 is 19.1 Å². The summed E-state index contributed by atoms with van der Waals surface area (Å²) in [5, 5.41) is 2.80. The Morgan fingerprint density at radius 1 is 1.08 bits per heavy atom. The SMILES string of the molecule is CCCCNC(=O)C(C)N(Cc1ccc(F)cc1)C(=O)CN(c1cc(OC)ccc1OC)S(C)(=O)=O. The summed E-state index contributed by atoms with van der Waals surface area (Å²) in [5.41, 5.74) is 0.706. The fourth-order valence-corrected chi connectivity index (χ4v) is 4.34. The van der Waals surface area contributed by atoms with Crippen molar-refractivity contribution in [2.45, 2.75) is 39.3 Å². The van der Waals surface area contributed by atoms with E-state index in [0.717, 1.165) is 23.4 Å². The Labute approximate surface area is 212 Å². The minimum Gasteiger partial charge on any atom is -0.497 e. The van der Waals surface area contributed by atoms with E-state index < -0.39 is 34.3 Å². The van der Waals surface area contributed by atoms with Gasteiger partial charge < -0.3 is 19.7 Å². The molecule has 0 spiro atoms. The first kappa shape index (κ1) is 28.9. The van der Waals surface area contributed by atoms with Crippen LogP contribution in [0.1, 0.15) is 32.3 Å². The van der Waals surface area contributed by atoms with Crippen LogP contribution in [0.25, 0.3) is 0 Å². The number of benzene rings is 2. The third-order valence-electron chi connectivity index (χ3n) is 5.60. The van der Waals surface area contributed by atoms with E-state index in [4.69, 9.17) is 9.47 Å². The van der Waals surface area contributed by atoms with E-state index in [9.17, 15) is 22.4 Å². The van der Waals surface area contributed by atoms with Gasteiger partial charge in [0, 0.05) is 19.2 Å². The van der Waals surface area contributed by atoms with Crippen LogP contribution in [0.3, 0.4) is 0 Å². The fraction of sp³-hybridized carbons (Fsp3) is 0.440. The summed E-state index contributed by atoms with van der Waals surface area (Å²) in [5.74, 6) is -0.824. The zero-order valence-corrected chi connectivity index (χ0v) is 22.1. The van der Waals surface area contributed by atoms with E-state index in [-0.39, 0.29) is 23.9 Å². The van der Waals surface area contributed by atoms with E-state index >= 15 is 0 Å². The number of rotatable bonds is 13. The number of ether oxygens (including phenoxy) is 2. The summed E-state index contributed by atoms with van der Waals surface area (Å²) >= 11 is 0. The highest BCUT2D eigenvalue weighted by Crippen LogP contribution is 2.34. The van der Waals surface area contributed by atoms with Crippen LogP contribution in [0.5, 0.6) is 11.5 Å². The Morgan fingerprint density at radius 3 is 2.31 bits per heavy atom. The summed E-state index contributed by atoms with van der Waals surface area (Å²) in [4.78, 5) is 27.7. The highest BCUT2D eigenvalue weighted by molar-refractivity contribution is 7.92. The van der Waals surface area contributed by atoms with Gasteiger partial charge in [-0.1, -0.05) is 25.5 Å². The summed E-state index contributed by atoms with van der Waals surface area (Å²) in [6.07, 6.45) is 2.64. The molecule has 2 aromatic carbocycles. The highest BCUT2D eigenvalue weighted by atomic mass is 32.2. The van der Waals surface area contributed by atoms with Crippen LogP contribution in [0.2, 0.25) is 0 Å². The first-order valence-electron chi connectivity index (χ1n) is 11.5. The van der Waals surface area contributed by atoms with Gasteiger partial charge in [0.15, 0.2) is 0 Å². The first-order chi connectivity index (χ1) is 17.0. The fourth-order valence-electron chi connectivity index (χ4n) is 3.49. The third kappa shape index (κ3) is 7.84. The number of nitrogens with zero attached hydrogens (tertiary/aromatic N) is 2. The maximum Gasteiger partial charge on any atom is 0.244 e. The van der Waals surface area contributed by atoms with Crippen LogP contribution in [-0.4, -0.2) is 64.7 Å². The minimum absolute atomic E-state index is 0.0195. The lowest BCUT2D eigenvalue weighted by molar-refractivity contribution is -0.139. The Balaban J connectivity index is 2.43. The maximum atomic E-state index is 13.6. The molecule has 0 bridgehead atoms. The van der Waals surface area contributed by atoms with E-state index in [1.54, 1.807) is 13.0 Å². The molecule has 1 atom stereocenters. The number of amides is 2. The van der Waals surface area contributed by atoms with Crippen molar-refractivity contribution in [3.05, 3.63) is 53.8 Å². The van der Waals surface area contributed by atoms with Crippen LogP contribution in [0, 0.1) is 5.82 Å². The number of unbranched alkanes of at least 4 members (excludes halogenated alkanes) is 1. The number of halogens is 1. The van der Waals surface area contributed by atoms with Crippen LogP contribution in [-0.2, 0) is 26.2 Å². The van der Waals surface area contributed by atoms with Gasteiger partial charge in [0.1, 0.15) is 29.9 Å². The monoisotopic (exact) mass is 523 g/mol. The second-order valence-electron chi connectivity index (χ2n) is 8.28. The van der Waals surface area contributed by atoms with Gasteiger partial charge in [-0.3, -0.25) is 13.9 Å². The Morgan fingerprint density at radius 2 is 1.75 bits per heavy atom. The quantitative estimate of drug-likeness (QED) is 0.405. The van der Waals surface area contributed by atoms with Crippen molar-refractivity contribution in [1.82, 2.24) is 10.2 Å². The molecule has 0 aliphatic carbocycles. The second-order valence-corrected chi connectivity index (χ2v) is 10.2. The average molecular weight is 524 g/mol. The number of hydrogen-bond acceptors (Lipinski definition) is 6. The summed E-state index contributed by atoms with van der Waals surface area (Å²) in [7, 11) is -1.12. The van der Waals surface area contributed by atoms with Crippen molar-refractivity contribution in [2.75, 3.05) is 37.9 Å². The number of sulfonamides is 1. The number of carbonyl (C=O) groups is 2. The van der Waals surface area contributed by atoms with Gasteiger partial charge in [0.05, 0.1) is 26.2 Å². The van der Waals surface area contributed by atoms with Gasteiger partial charge in [0.25, 0.3) is 0 Å². The van der Waals surface area contributed by atoms with Crippen molar-refractivity contribution in [3.8, 4) is 11.5 Å². The normalized spacial score (nSPS) is 11.9. The van der Waals surface area contributed by atoms with Gasteiger partial charge in [-0.25, -0.2) is 12.8 Å². The molecule has 0 aliphatic heterocycles. The summed E-state index contributed by atoms with van der Waals surface area (Å²) < 4.78 is 50.4. The predicted octanol–water partition coefficient (Wildman–Crippen LogP) is 2.94. The van der Waals surface area contributed by atoms with E-state index in [0.29, 0.717) is 17.9 Å². The lowest BCUT2D eigenvalue weighted by Gasteiger charge is -2.32. The van der Waals surface area contributed by atoms with Crippen LogP contribution in [0.4, 0.5) is 10.1 Å². The van der Waals surface area contributed by atoms with Crippen molar-refractivity contribution in [1.29, 1.82) is 0 Å². The third-order valence-corrected chi connectivity index (χ3v) is 6.72. The Bertz CT molecular complexity index is 1140. The molecular formula is C25H34FN3O6S. The predicted molar refractivity (Wildman–Crippen MR) is 136 cm³/mol. The molecule has 11 heteroatoms. The van der Waals surface area contributed by atoms with E-state index in [1.165, 1.54) is 55.5 Å². The molecule has 0 aliphatic rings. The van der Waals surface area contributed by atoms with Gasteiger partial charge in [0.2, 0.25) is 21.8 Å². The molecule has 0 aromatic heterocycles. The molecule has 9 nitrogen and oxygen atoms in total. The van der Waals surface area contributed by atoms with Gasteiger partial charge >= 0.3 is 0 Å². The van der Waals surface area contributed by atoms with Gasteiger partial charge in [-0.2, -0.15) is 0 Å². The van der Waals surface area contributed by atoms with E-state index in [1.807, 2.05) is 6.92 Å². The lowest BCUT2D eigenvalue weighted by atomic mass is 10.1. The largest absolute Gasteiger partial charge is 0.497 e. The van der Waals surface area contributed by atoms with Gasteiger partial charge in [-0.05, 0) is 43.2 Å².